The van der Waals surface area contributed by atoms with Gasteiger partial charge in [-0.15, -0.1) is 0 Å². The third-order valence-electron chi connectivity index (χ3n) is 4.02. The maximum atomic E-state index is 5.79. The first-order valence-corrected chi connectivity index (χ1v) is 7.13. The molecule has 0 bridgehead atoms. The van der Waals surface area contributed by atoms with Gasteiger partial charge in [0.05, 0.1) is 0 Å². The minimum absolute atomic E-state index is 0.457. The van der Waals surface area contributed by atoms with Crippen LogP contribution in [-0.4, -0.2) is 11.5 Å². The Morgan fingerprint density at radius 1 is 1.26 bits per heavy atom. The number of hydrogen-bond donors (Lipinski definition) is 2. The Hall–Kier alpha value is -1.61. The molecule has 0 aromatic heterocycles. The number of anilines is 1. The van der Waals surface area contributed by atoms with Crippen LogP contribution >= 0.6 is 12.2 Å². The van der Waals surface area contributed by atoms with Crippen molar-refractivity contribution in [2.24, 2.45) is 17.6 Å². The third kappa shape index (κ3) is 2.43. The molecule has 0 spiro atoms. The van der Waals surface area contributed by atoms with Gasteiger partial charge in [0.2, 0.25) is 0 Å². The minimum atomic E-state index is 0.457. The zero-order chi connectivity index (χ0) is 13.4. The highest BCUT2D eigenvalue weighted by Crippen LogP contribution is 2.38. The van der Waals surface area contributed by atoms with Crippen LogP contribution < -0.4 is 11.1 Å². The summed E-state index contributed by atoms with van der Waals surface area (Å²) in [6, 6.07) is 12.4. The molecule has 19 heavy (non-hydrogen) atoms. The van der Waals surface area contributed by atoms with E-state index in [-0.39, 0.29) is 0 Å². The van der Waals surface area contributed by atoms with Crippen molar-refractivity contribution in [2.75, 3.05) is 11.9 Å². The number of nitrogens with two attached hydrogens (primary N) is 1. The van der Waals surface area contributed by atoms with Crippen LogP contribution in [-0.2, 0) is 0 Å². The highest BCUT2D eigenvalue weighted by molar-refractivity contribution is 7.80. The van der Waals surface area contributed by atoms with Gasteiger partial charge >= 0.3 is 0 Å². The van der Waals surface area contributed by atoms with Crippen LogP contribution in [0.4, 0.5) is 5.69 Å². The minimum Gasteiger partial charge on any atom is -0.389 e. The molecule has 0 aliphatic heterocycles. The third-order valence-corrected chi connectivity index (χ3v) is 4.24. The van der Waals surface area contributed by atoms with E-state index in [2.05, 4.69) is 36.5 Å². The lowest BCUT2D eigenvalue weighted by Crippen LogP contribution is -2.11. The summed E-state index contributed by atoms with van der Waals surface area (Å²) >= 11 is 5.12. The molecular formula is C16H18N2S. The van der Waals surface area contributed by atoms with Gasteiger partial charge in [-0.3, -0.25) is 0 Å². The highest BCUT2D eigenvalue weighted by Gasteiger charge is 2.31. The Bertz CT molecular complexity index is 636. The fourth-order valence-corrected chi connectivity index (χ4v) is 2.77. The van der Waals surface area contributed by atoms with Crippen molar-refractivity contribution in [3.8, 4) is 0 Å². The molecule has 1 saturated carbocycles. The lowest BCUT2D eigenvalue weighted by Gasteiger charge is -2.12. The van der Waals surface area contributed by atoms with E-state index >= 15 is 0 Å². The lowest BCUT2D eigenvalue weighted by molar-refractivity contribution is 0.788. The predicted octanol–water partition coefficient (Wildman–Crippen LogP) is 3.54. The zero-order valence-corrected chi connectivity index (χ0v) is 11.8. The van der Waals surface area contributed by atoms with Crippen molar-refractivity contribution in [3.05, 3.63) is 42.0 Å². The summed E-state index contributed by atoms with van der Waals surface area (Å²) in [6.07, 6.45) is 1.34. The van der Waals surface area contributed by atoms with Crippen molar-refractivity contribution >= 4 is 33.7 Å². The van der Waals surface area contributed by atoms with Gasteiger partial charge in [-0.25, -0.2) is 0 Å². The number of fused-ring (bicyclic) bond motifs is 1. The maximum Gasteiger partial charge on any atom is 0.104 e. The molecule has 3 heteroatoms. The van der Waals surface area contributed by atoms with E-state index in [4.69, 9.17) is 18.0 Å². The molecule has 3 rings (SSSR count). The van der Waals surface area contributed by atoms with Crippen LogP contribution in [0.1, 0.15) is 18.9 Å². The van der Waals surface area contributed by atoms with Crippen molar-refractivity contribution in [3.63, 3.8) is 0 Å². The second-order valence-corrected chi connectivity index (χ2v) is 5.86. The van der Waals surface area contributed by atoms with E-state index < -0.39 is 0 Å². The molecule has 2 aromatic rings. The Morgan fingerprint density at radius 2 is 1.95 bits per heavy atom. The van der Waals surface area contributed by atoms with E-state index in [0.29, 0.717) is 4.99 Å². The van der Waals surface area contributed by atoms with Gasteiger partial charge in [-0.05, 0) is 35.8 Å². The fraction of sp³-hybridized carbons (Fsp3) is 0.312. The summed E-state index contributed by atoms with van der Waals surface area (Å²) in [7, 11) is 0. The molecule has 2 aromatic carbocycles. The van der Waals surface area contributed by atoms with Crippen LogP contribution in [0.3, 0.4) is 0 Å². The molecule has 1 fully saturated rings. The van der Waals surface area contributed by atoms with Gasteiger partial charge in [0.1, 0.15) is 4.99 Å². The molecule has 0 heterocycles. The van der Waals surface area contributed by atoms with E-state index in [1.165, 1.54) is 17.5 Å². The summed E-state index contributed by atoms with van der Waals surface area (Å²) in [5.74, 6) is 1.70. The van der Waals surface area contributed by atoms with Crippen molar-refractivity contribution in [2.45, 2.75) is 13.3 Å². The van der Waals surface area contributed by atoms with Gasteiger partial charge in [-0.1, -0.05) is 43.4 Å². The molecule has 1 aliphatic carbocycles. The van der Waals surface area contributed by atoms with Gasteiger partial charge in [0.15, 0.2) is 0 Å². The Morgan fingerprint density at radius 3 is 2.58 bits per heavy atom. The van der Waals surface area contributed by atoms with Gasteiger partial charge in [0.25, 0.3) is 0 Å². The quantitative estimate of drug-likeness (QED) is 0.835. The summed E-state index contributed by atoms with van der Waals surface area (Å²) in [4.78, 5) is 0.457. The number of benzene rings is 2. The molecule has 2 unspecified atom stereocenters. The average molecular weight is 270 g/mol. The first-order valence-electron chi connectivity index (χ1n) is 6.72. The average Bonchev–Trinajstić information content (AvgIpc) is 3.11. The molecule has 0 saturated heterocycles. The number of nitrogens with one attached hydrogen (secondary N) is 1. The summed E-state index contributed by atoms with van der Waals surface area (Å²) in [6.45, 7) is 3.36. The van der Waals surface area contributed by atoms with Gasteiger partial charge in [-0.2, -0.15) is 0 Å². The van der Waals surface area contributed by atoms with Gasteiger partial charge < -0.3 is 11.1 Å². The number of thiocarbonyl (C=S) groups is 1. The second-order valence-electron chi connectivity index (χ2n) is 5.42. The largest absolute Gasteiger partial charge is 0.389 e. The Kier molecular flexibility index (Phi) is 3.15. The maximum absolute atomic E-state index is 5.79. The topological polar surface area (TPSA) is 38.0 Å². The van der Waals surface area contributed by atoms with Crippen LogP contribution in [0.2, 0.25) is 0 Å². The van der Waals surface area contributed by atoms with E-state index in [9.17, 15) is 0 Å². The highest BCUT2D eigenvalue weighted by atomic mass is 32.1. The van der Waals surface area contributed by atoms with Crippen LogP contribution in [0.5, 0.6) is 0 Å². The molecule has 0 amide bonds. The van der Waals surface area contributed by atoms with Crippen LogP contribution in [0.15, 0.2) is 36.4 Å². The monoisotopic (exact) mass is 270 g/mol. The molecule has 98 valence electrons. The van der Waals surface area contributed by atoms with Gasteiger partial charge in [0, 0.05) is 23.2 Å². The molecule has 3 N–H and O–H groups in total. The standard InChI is InChI=1S/C16H18N2S/c1-10-8-11(10)9-18-15-7-6-14(16(17)19)12-4-2-3-5-13(12)15/h2-7,10-11,18H,8-9H2,1H3,(H2,17,19). The summed E-state index contributed by atoms with van der Waals surface area (Å²) < 4.78 is 0. The summed E-state index contributed by atoms with van der Waals surface area (Å²) in [5, 5.41) is 5.89. The first kappa shape index (κ1) is 12.4. The van der Waals surface area contributed by atoms with Crippen molar-refractivity contribution < 1.29 is 0 Å². The lowest BCUT2D eigenvalue weighted by atomic mass is 10.0. The molecule has 1 aliphatic rings. The summed E-state index contributed by atoms with van der Waals surface area (Å²) in [5.41, 5.74) is 7.92. The molecule has 2 atom stereocenters. The van der Waals surface area contributed by atoms with E-state index in [0.717, 1.165) is 29.3 Å². The Balaban J connectivity index is 1.96. The van der Waals surface area contributed by atoms with Crippen LogP contribution in [0, 0.1) is 11.8 Å². The Labute approximate surface area is 119 Å². The fourth-order valence-electron chi connectivity index (χ4n) is 2.59. The van der Waals surface area contributed by atoms with Crippen LogP contribution in [0.25, 0.3) is 10.8 Å². The SMILES string of the molecule is CC1CC1CNc1ccc(C(N)=S)c2ccccc12. The van der Waals surface area contributed by atoms with Crippen molar-refractivity contribution in [1.29, 1.82) is 0 Å². The normalized spacial score (nSPS) is 21.3. The number of hydrogen-bond acceptors (Lipinski definition) is 2. The molecular weight excluding hydrogens is 252 g/mol. The molecule has 0 radical (unpaired) electrons. The molecule has 2 nitrogen and oxygen atoms in total. The first-order chi connectivity index (χ1) is 9.16. The van der Waals surface area contributed by atoms with E-state index in [1.807, 2.05) is 12.1 Å². The van der Waals surface area contributed by atoms with Crippen molar-refractivity contribution in [1.82, 2.24) is 0 Å². The number of rotatable bonds is 4. The second kappa shape index (κ2) is 4.82. The smallest absolute Gasteiger partial charge is 0.104 e. The predicted molar refractivity (Wildman–Crippen MR) is 85.6 cm³/mol. The zero-order valence-electron chi connectivity index (χ0n) is 11.0. The van der Waals surface area contributed by atoms with E-state index in [1.54, 1.807) is 0 Å².